The quantitative estimate of drug-likeness (QED) is 0.870. The molecule has 23 heavy (non-hydrogen) atoms. The van der Waals surface area contributed by atoms with Crippen molar-refractivity contribution in [2.24, 2.45) is 0 Å². The molecule has 1 aliphatic rings. The lowest BCUT2D eigenvalue weighted by atomic mass is 10.2. The van der Waals surface area contributed by atoms with Crippen LogP contribution < -0.4 is 5.32 Å². The fourth-order valence-electron chi connectivity index (χ4n) is 2.54. The molecule has 1 saturated heterocycles. The minimum absolute atomic E-state index is 0.130. The number of hydrogen-bond donors (Lipinski definition) is 1. The Morgan fingerprint density at radius 2 is 2.39 bits per heavy atom. The summed E-state index contributed by atoms with van der Waals surface area (Å²) >= 11 is 1.42. The molecule has 0 unspecified atom stereocenters. The highest BCUT2D eigenvalue weighted by Gasteiger charge is 2.24. The van der Waals surface area contributed by atoms with Gasteiger partial charge in [0.25, 0.3) is 0 Å². The Morgan fingerprint density at radius 3 is 3.22 bits per heavy atom. The summed E-state index contributed by atoms with van der Waals surface area (Å²) in [6.45, 7) is 4.86. The van der Waals surface area contributed by atoms with E-state index in [1.54, 1.807) is 11.1 Å². The molecule has 1 aliphatic heterocycles. The first kappa shape index (κ1) is 15.6. The molecule has 1 N–H and O–H groups in total. The molecule has 1 aromatic carbocycles. The van der Waals surface area contributed by atoms with Crippen molar-refractivity contribution >= 4 is 39.1 Å². The topological polar surface area (TPSA) is 71.5 Å². The number of rotatable bonds is 4. The Kier molecular flexibility index (Phi) is 4.68. The largest absolute Gasteiger partial charge is 0.374 e. The van der Waals surface area contributed by atoms with Gasteiger partial charge in [-0.1, -0.05) is 6.58 Å². The van der Waals surface area contributed by atoms with Gasteiger partial charge in [-0.05, 0) is 35.8 Å². The third-order valence-electron chi connectivity index (χ3n) is 3.67. The van der Waals surface area contributed by atoms with Gasteiger partial charge in [0, 0.05) is 30.4 Å². The molecule has 1 fully saturated rings. The van der Waals surface area contributed by atoms with Gasteiger partial charge in [-0.2, -0.15) is 4.37 Å². The zero-order chi connectivity index (χ0) is 16.2. The van der Waals surface area contributed by atoms with Crippen LogP contribution in [0.1, 0.15) is 6.42 Å². The maximum Gasteiger partial charge on any atom is 0.246 e. The molecule has 1 aromatic heterocycles. The van der Waals surface area contributed by atoms with E-state index in [-0.39, 0.29) is 24.3 Å². The van der Waals surface area contributed by atoms with Crippen molar-refractivity contribution in [2.45, 2.75) is 12.5 Å². The first-order valence-electron chi connectivity index (χ1n) is 7.33. The fraction of sp³-hybridized carbons (Fsp3) is 0.312. The third-order valence-corrected chi connectivity index (χ3v) is 4.45. The van der Waals surface area contributed by atoms with Crippen molar-refractivity contribution in [3.05, 3.63) is 37.1 Å². The number of nitrogens with one attached hydrogen (secondary N) is 1. The number of nitrogens with zero attached hydrogens (tertiary/aromatic N) is 2. The predicted molar refractivity (Wildman–Crippen MR) is 89.4 cm³/mol. The molecule has 2 heterocycles. The van der Waals surface area contributed by atoms with Gasteiger partial charge in [-0.15, -0.1) is 0 Å². The van der Waals surface area contributed by atoms with E-state index in [0.29, 0.717) is 19.7 Å². The number of hydrogen-bond acceptors (Lipinski definition) is 5. The van der Waals surface area contributed by atoms with Crippen molar-refractivity contribution in [1.29, 1.82) is 0 Å². The van der Waals surface area contributed by atoms with Gasteiger partial charge in [0.2, 0.25) is 11.8 Å². The molecule has 1 atom stereocenters. The van der Waals surface area contributed by atoms with Crippen molar-refractivity contribution in [1.82, 2.24) is 9.27 Å². The summed E-state index contributed by atoms with van der Waals surface area (Å²) in [5.74, 6) is -0.264. The van der Waals surface area contributed by atoms with Gasteiger partial charge in [0.15, 0.2) is 0 Å². The van der Waals surface area contributed by atoms with Gasteiger partial charge < -0.3 is 15.0 Å². The van der Waals surface area contributed by atoms with Crippen LogP contribution >= 0.6 is 11.5 Å². The number of morpholine rings is 1. The number of amides is 2. The van der Waals surface area contributed by atoms with Gasteiger partial charge in [0.05, 0.1) is 23.8 Å². The number of fused-ring (bicyclic) bond motifs is 1. The molecular weight excluding hydrogens is 314 g/mol. The minimum atomic E-state index is -0.292. The number of benzene rings is 1. The van der Waals surface area contributed by atoms with Crippen molar-refractivity contribution in [3.63, 3.8) is 0 Å². The van der Waals surface area contributed by atoms with E-state index in [4.69, 9.17) is 4.74 Å². The van der Waals surface area contributed by atoms with Crippen LogP contribution in [-0.4, -0.2) is 46.9 Å². The second kappa shape index (κ2) is 6.89. The number of carbonyl (C=O) groups excluding carboxylic acids is 2. The molecule has 0 radical (unpaired) electrons. The van der Waals surface area contributed by atoms with E-state index in [0.717, 1.165) is 15.8 Å². The molecule has 0 saturated carbocycles. The van der Waals surface area contributed by atoms with Crippen LogP contribution in [0.15, 0.2) is 37.1 Å². The SMILES string of the molecule is C=CC(=O)N1CCO[C@@H](CC(=O)Nc2ccc3sncc3c2)C1. The molecule has 2 amide bonds. The number of ether oxygens (including phenoxy) is 1. The van der Waals surface area contributed by atoms with Crippen LogP contribution in [0.3, 0.4) is 0 Å². The zero-order valence-corrected chi connectivity index (χ0v) is 13.3. The molecular formula is C16H17N3O3S. The highest BCUT2D eigenvalue weighted by Crippen LogP contribution is 2.22. The molecule has 0 aliphatic carbocycles. The van der Waals surface area contributed by atoms with Crippen LogP contribution in [0.2, 0.25) is 0 Å². The summed E-state index contributed by atoms with van der Waals surface area (Å²) in [4.78, 5) is 25.5. The van der Waals surface area contributed by atoms with Crippen LogP contribution in [0.4, 0.5) is 5.69 Å². The normalized spacial score (nSPS) is 17.9. The highest BCUT2D eigenvalue weighted by atomic mass is 32.1. The first-order valence-corrected chi connectivity index (χ1v) is 8.10. The van der Waals surface area contributed by atoms with Gasteiger partial charge in [0.1, 0.15) is 0 Å². The Morgan fingerprint density at radius 1 is 1.52 bits per heavy atom. The van der Waals surface area contributed by atoms with Gasteiger partial charge in [-0.3, -0.25) is 9.59 Å². The summed E-state index contributed by atoms with van der Waals surface area (Å²) in [6.07, 6.45) is 2.98. The number of anilines is 1. The Balaban J connectivity index is 1.58. The Labute approximate surface area is 137 Å². The molecule has 3 rings (SSSR count). The number of carbonyl (C=O) groups is 2. The van der Waals surface area contributed by atoms with Gasteiger partial charge >= 0.3 is 0 Å². The lowest BCUT2D eigenvalue weighted by molar-refractivity contribution is -0.136. The molecule has 7 heteroatoms. The highest BCUT2D eigenvalue weighted by molar-refractivity contribution is 7.13. The smallest absolute Gasteiger partial charge is 0.246 e. The Bertz CT molecular complexity index is 743. The summed E-state index contributed by atoms with van der Waals surface area (Å²) in [5.41, 5.74) is 0.734. The van der Waals surface area contributed by atoms with Crippen LogP contribution in [0.5, 0.6) is 0 Å². The fourth-order valence-corrected chi connectivity index (χ4v) is 3.17. The average molecular weight is 331 g/mol. The maximum absolute atomic E-state index is 12.2. The lowest BCUT2D eigenvalue weighted by Gasteiger charge is -2.32. The van der Waals surface area contributed by atoms with E-state index in [9.17, 15) is 9.59 Å². The standard InChI is InChI=1S/C16H17N3O3S/c1-2-16(21)19-5-6-22-13(10-19)8-15(20)18-12-3-4-14-11(7-12)9-17-23-14/h2-4,7,9,13H,1,5-6,8,10H2,(H,18,20)/t13-/m0/s1. The van der Waals surface area contributed by atoms with Crippen LogP contribution in [0, 0.1) is 0 Å². The molecule has 0 bridgehead atoms. The first-order chi connectivity index (χ1) is 11.2. The minimum Gasteiger partial charge on any atom is -0.374 e. The van der Waals surface area contributed by atoms with Gasteiger partial charge in [-0.25, -0.2) is 0 Å². The Hall–Kier alpha value is -2.25. The average Bonchev–Trinajstić information content (AvgIpc) is 3.02. The van der Waals surface area contributed by atoms with E-state index < -0.39 is 0 Å². The van der Waals surface area contributed by atoms with Crippen molar-refractivity contribution < 1.29 is 14.3 Å². The molecule has 6 nitrogen and oxygen atoms in total. The summed E-state index contributed by atoms with van der Waals surface area (Å²) in [6, 6.07) is 5.68. The predicted octanol–water partition coefficient (Wildman–Crippen LogP) is 2.04. The second-order valence-electron chi connectivity index (χ2n) is 5.31. The van der Waals surface area contributed by atoms with Crippen LogP contribution in [0.25, 0.3) is 10.1 Å². The lowest BCUT2D eigenvalue weighted by Crippen LogP contribution is -2.46. The van der Waals surface area contributed by atoms with E-state index in [2.05, 4.69) is 16.3 Å². The van der Waals surface area contributed by atoms with E-state index in [1.165, 1.54) is 17.6 Å². The maximum atomic E-state index is 12.2. The monoisotopic (exact) mass is 331 g/mol. The van der Waals surface area contributed by atoms with Crippen LogP contribution in [-0.2, 0) is 14.3 Å². The van der Waals surface area contributed by atoms with Crippen molar-refractivity contribution in [3.8, 4) is 0 Å². The molecule has 2 aromatic rings. The summed E-state index contributed by atoms with van der Waals surface area (Å²) < 4.78 is 10.8. The van der Waals surface area contributed by atoms with E-state index >= 15 is 0 Å². The van der Waals surface area contributed by atoms with E-state index in [1.807, 2.05) is 18.2 Å². The number of aromatic nitrogens is 1. The molecule has 120 valence electrons. The molecule has 0 spiro atoms. The summed E-state index contributed by atoms with van der Waals surface area (Å²) in [7, 11) is 0. The second-order valence-corrected chi connectivity index (χ2v) is 6.15. The summed E-state index contributed by atoms with van der Waals surface area (Å²) in [5, 5.41) is 3.87. The van der Waals surface area contributed by atoms with Crippen molar-refractivity contribution in [2.75, 3.05) is 25.0 Å². The zero-order valence-electron chi connectivity index (χ0n) is 12.5. The third kappa shape index (κ3) is 3.75.